The van der Waals surface area contributed by atoms with Gasteiger partial charge in [-0.2, -0.15) is 0 Å². The molecule has 0 bridgehead atoms. The van der Waals surface area contributed by atoms with E-state index in [4.69, 9.17) is 18.6 Å². The van der Waals surface area contributed by atoms with Crippen molar-refractivity contribution in [2.24, 2.45) is 0 Å². The fraction of sp³-hybridized carbons (Fsp3) is 0.222. The molecule has 2 aromatic rings. The average molecular weight is 382 g/mol. The van der Waals surface area contributed by atoms with Gasteiger partial charge < -0.3 is 0 Å². The van der Waals surface area contributed by atoms with E-state index in [0.29, 0.717) is 5.54 Å². The van der Waals surface area contributed by atoms with Crippen LogP contribution in [0.1, 0.15) is 23.6 Å². The normalized spacial score (nSPS) is 15.7. The Bertz CT molecular complexity index is 653. The van der Waals surface area contributed by atoms with Gasteiger partial charge in [0.2, 0.25) is 0 Å². The summed E-state index contributed by atoms with van der Waals surface area (Å²) in [6, 6.07) is 17.5. The molecule has 0 nitrogen and oxygen atoms in total. The maximum absolute atomic E-state index is 4.89. The third-order valence-corrected chi connectivity index (χ3v) is 5.86. The zero-order chi connectivity index (χ0) is 16.1. The molecule has 1 aliphatic carbocycles. The van der Waals surface area contributed by atoms with Gasteiger partial charge in [-0.3, -0.25) is 0 Å². The molecular weight excluding hydrogens is 363 g/mol. The first kappa shape index (κ1) is 18.0. The van der Waals surface area contributed by atoms with Crippen molar-refractivity contribution in [2.75, 3.05) is 0 Å². The molecule has 0 spiro atoms. The van der Waals surface area contributed by atoms with Crippen LogP contribution in [0.4, 0.5) is 0 Å². The molecule has 1 aliphatic rings. The van der Waals surface area contributed by atoms with Crippen LogP contribution in [-0.2, 0) is 17.0 Å². The van der Waals surface area contributed by atoms with Gasteiger partial charge in [0, 0.05) is 0 Å². The number of benzene rings is 2. The van der Waals surface area contributed by atoms with Gasteiger partial charge in [-0.15, -0.1) is 0 Å². The molecule has 0 aromatic heterocycles. The van der Waals surface area contributed by atoms with Crippen LogP contribution < -0.4 is 0 Å². The topological polar surface area (TPSA) is 0 Å². The van der Waals surface area contributed by atoms with Gasteiger partial charge in [0.05, 0.1) is 8.80 Å². The van der Waals surface area contributed by atoms with E-state index in [-0.39, 0.29) is 8.80 Å². The summed E-state index contributed by atoms with van der Waals surface area (Å²) in [4.78, 5) is 0. The summed E-state index contributed by atoms with van der Waals surface area (Å²) in [5.41, 5.74) is 7.91. The second-order valence-electron chi connectivity index (χ2n) is 5.64. The van der Waals surface area contributed by atoms with Crippen molar-refractivity contribution in [2.45, 2.75) is 25.6 Å². The molecule has 3 rings (SSSR count). The molecule has 1 atom stereocenters. The van der Waals surface area contributed by atoms with Gasteiger partial charge in [-0.1, -0.05) is 73.3 Å². The Morgan fingerprint density at radius 1 is 0.955 bits per heavy atom. The minimum absolute atomic E-state index is 0.339. The zero-order valence-corrected chi connectivity index (χ0v) is 17.1. The van der Waals surface area contributed by atoms with E-state index in [1.54, 1.807) is 0 Å². The number of fused-ring (bicyclic) bond motifs is 1. The average Bonchev–Trinajstić information content (AvgIpc) is 2.84. The standard InChI is InChI=1S/C18H19Si.2ClH.Ti/c1-13-12-17-15(14-8-5-4-6-9-14)10-7-11-16(17)18(13)19(2)3;;;/h4-12,18H,1-3H3;2*1H;/q;;;+2/p-2. The number of rotatable bonds is 2. The van der Waals surface area contributed by atoms with Crippen molar-refractivity contribution in [3.8, 4) is 11.1 Å². The van der Waals surface area contributed by atoms with Gasteiger partial charge in [0.1, 0.15) is 0 Å². The Labute approximate surface area is 151 Å². The summed E-state index contributed by atoms with van der Waals surface area (Å²) in [6.07, 6.45) is 2.40. The predicted octanol–water partition coefficient (Wildman–Crippen LogP) is 6.52. The van der Waals surface area contributed by atoms with E-state index >= 15 is 0 Å². The monoisotopic (exact) mass is 381 g/mol. The summed E-state index contributed by atoms with van der Waals surface area (Å²) in [5, 5.41) is 0. The van der Waals surface area contributed by atoms with Crippen LogP contribution in [-0.4, -0.2) is 8.80 Å². The van der Waals surface area contributed by atoms with E-state index in [1.165, 1.54) is 27.8 Å². The van der Waals surface area contributed by atoms with Crippen molar-refractivity contribution in [3.05, 3.63) is 65.2 Å². The van der Waals surface area contributed by atoms with Gasteiger partial charge in [0.15, 0.2) is 0 Å². The SMILES string of the molecule is CC1=Cc2c(-c3ccccc3)cccc2C1[Si](C)C.[Cl][Ti][Cl]. The number of allylic oxidation sites excluding steroid dienone is 1. The molecule has 4 heteroatoms. The van der Waals surface area contributed by atoms with Crippen molar-refractivity contribution < 1.29 is 17.0 Å². The van der Waals surface area contributed by atoms with Crippen molar-refractivity contribution >= 4 is 33.5 Å². The van der Waals surface area contributed by atoms with Crippen LogP contribution in [0.3, 0.4) is 0 Å². The number of halogens is 2. The minimum atomic E-state index is -0.556. The molecule has 0 fully saturated rings. The number of hydrogen-bond acceptors (Lipinski definition) is 0. The van der Waals surface area contributed by atoms with Gasteiger partial charge in [-0.05, 0) is 34.7 Å². The molecule has 0 saturated heterocycles. The van der Waals surface area contributed by atoms with Gasteiger partial charge >= 0.3 is 35.6 Å². The fourth-order valence-electron chi connectivity index (χ4n) is 3.19. The van der Waals surface area contributed by atoms with Crippen LogP contribution in [0.5, 0.6) is 0 Å². The maximum atomic E-state index is 4.89. The molecule has 2 aromatic carbocycles. The molecule has 113 valence electrons. The fourth-order valence-corrected chi connectivity index (χ4v) is 5.06. The van der Waals surface area contributed by atoms with E-state index in [0.717, 1.165) is 0 Å². The van der Waals surface area contributed by atoms with Crippen molar-refractivity contribution in [3.63, 3.8) is 0 Å². The van der Waals surface area contributed by atoms with Crippen LogP contribution in [0.25, 0.3) is 17.2 Å². The van der Waals surface area contributed by atoms with Gasteiger partial charge in [0.25, 0.3) is 0 Å². The van der Waals surface area contributed by atoms with Crippen molar-refractivity contribution in [1.82, 2.24) is 0 Å². The molecule has 22 heavy (non-hydrogen) atoms. The van der Waals surface area contributed by atoms with E-state index < -0.39 is 17.0 Å². The summed E-state index contributed by atoms with van der Waals surface area (Å²) in [6.45, 7) is 7.12. The molecule has 0 saturated carbocycles. The second-order valence-corrected chi connectivity index (χ2v) is 11.0. The quantitative estimate of drug-likeness (QED) is 0.519. The molecule has 1 radical (unpaired) electrons. The number of hydrogen-bond donors (Lipinski definition) is 0. The Hall–Kier alpha value is -0.309. The van der Waals surface area contributed by atoms with Gasteiger partial charge in [-0.25, -0.2) is 0 Å². The third-order valence-electron chi connectivity index (χ3n) is 3.94. The first-order valence-corrected chi connectivity index (χ1v) is 14.1. The molecular formula is C18H19Cl2SiTi. The molecule has 0 amide bonds. The van der Waals surface area contributed by atoms with Crippen LogP contribution in [0, 0.1) is 0 Å². The van der Waals surface area contributed by atoms with Crippen molar-refractivity contribution in [1.29, 1.82) is 0 Å². The first-order valence-electron chi connectivity index (χ1n) is 7.23. The van der Waals surface area contributed by atoms with Crippen LogP contribution in [0.2, 0.25) is 13.1 Å². The second kappa shape index (κ2) is 8.52. The van der Waals surface area contributed by atoms with E-state index in [2.05, 4.69) is 74.6 Å². The Balaban J connectivity index is 0.000000545. The van der Waals surface area contributed by atoms with Crippen LogP contribution >= 0.6 is 18.6 Å². The van der Waals surface area contributed by atoms with E-state index in [1.807, 2.05) is 0 Å². The molecule has 0 N–H and O–H groups in total. The van der Waals surface area contributed by atoms with Crippen LogP contribution in [0.15, 0.2) is 54.1 Å². The molecule has 1 unspecified atom stereocenters. The Kier molecular flexibility index (Phi) is 6.98. The van der Waals surface area contributed by atoms with E-state index in [9.17, 15) is 0 Å². The summed E-state index contributed by atoms with van der Waals surface area (Å²) in [7, 11) is 9.44. The zero-order valence-electron chi connectivity index (χ0n) is 13.0. The third kappa shape index (κ3) is 3.96. The summed E-state index contributed by atoms with van der Waals surface area (Å²) < 4.78 is 0. The molecule has 0 aliphatic heterocycles. The Morgan fingerprint density at radius 3 is 2.18 bits per heavy atom. The predicted molar refractivity (Wildman–Crippen MR) is 97.5 cm³/mol. The molecule has 0 heterocycles. The first-order chi connectivity index (χ1) is 10.6. The summed E-state index contributed by atoms with van der Waals surface area (Å²) >= 11 is -0.556. The summed E-state index contributed by atoms with van der Waals surface area (Å²) in [5.74, 6) is 0. The Morgan fingerprint density at radius 2 is 1.59 bits per heavy atom.